The van der Waals surface area contributed by atoms with Gasteiger partial charge in [-0.3, -0.25) is 0 Å². The number of aromatic hydroxyl groups is 1. The molecule has 0 radical (unpaired) electrons. The molecule has 122 valence electrons. The zero-order chi connectivity index (χ0) is 16.4. The molecule has 1 aliphatic rings. The quantitative estimate of drug-likeness (QED) is 0.743. The lowest BCUT2D eigenvalue weighted by atomic mass is 9.83. The van der Waals surface area contributed by atoms with E-state index in [1.807, 2.05) is 38.1 Å². The Balaban J connectivity index is 1.89. The van der Waals surface area contributed by atoms with Crippen molar-refractivity contribution in [1.29, 1.82) is 0 Å². The largest absolute Gasteiger partial charge is 0.508 e. The second-order valence-electron chi connectivity index (χ2n) is 6.64. The van der Waals surface area contributed by atoms with E-state index in [-0.39, 0.29) is 0 Å². The van der Waals surface area contributed by atoms with Crippen molar-refractivity contribution in [1.82, 2.24) is 0 Å². The lowest BCUT2D eigenvalue weighted by Crippen LogP contribution is -2.05. The van der Waals surface area contributed by atoms with Gasteiger partial charge in [0.1, 0.15) is 17.2 Å². The average molecular weight is 311 g/mol. The average Bonchev–Trinajstić information content (AvgIpc) is 2.53. The second-order valence-corrected chi connectivity index (χ2v) is 6.64. The standard InChI is InChI=1S/C20H25NO2/c1-13-10-16(21)11-14(2)20(13)23-17-8-9-19(22)18(12-17)15-6-4-3-5-7-15/h8-12,15,22H,3-7,21H2,1-2H3. The molecule has 0 heterocycles. The lowest BCUT2D eigenvalue weighted by Gasteiger charge is -2.23. The van der Waals surface area contributed by atoms with Crippen LogP contribution in [0.1, 0.15) is 54.7 Å². The van der Waals surface area contributed by atoms with E-state index in [2.05, 4.69) is 0 Å². The minimum atomic E-state index is 0.384. The number of nitrogens with two attached hydrogens (primary N) is 1. The number of anilines is 1. The summed E-state index contributed by atoms with van der Waals surface area (Å²) in [5, 5.41) is 10.2. The van der Waals surface area contributed by atoms with Crippen molar-refractivity contribution in [2.75, 3.05) is 5.73 Å². The number of hydrogen-bond donors (Lipinski definition) is 2. The summed E-state index contributed by atoms with van der Waals surface area (Å²) in [6.07, 6.45) is 6.09. The maximum atomic E-state index is 10.2. The summed E-state index contributed by atoms with van der Waals surface area (Å²) in [6.45, 7) is 4.00. The number of hydrogen-bond acceptors (Lipinski definition) is 3. The van der Waals surface area contributed by atoms with Crippen LogP contribution >= 0.6 is 0 Å². The fraction of sp³-hybridized carbons (Fsp3) is 0.400. The molecule has 0 aliphatic heterocycles. The number of rotatable bonds is 3. The van der Waals surface area contributed by atoms with Crippen LogP contribution in [0.25, 0.3) is 0 Å². The molecule has 1 fully saturated rings. The van der Waals surface area contributed by atoms with Gasteiger partial charge in [0.15, 0.2) is 0 Å². The third-order valence-corrected chi connectivity index (χ3v) is 4.75. The van der Waals surface area contributed by atoms with E-state index in [4.69, 9.17) is 10.5 Å². The maximum absolute atomic E-state index is 10.2. The summed E-state index contributed by atoms with van der Waals surface area (Å²) >= 11 is 0. The van der Waals surface area contributed by atoms with E-state index < -0.39 is 0 Å². The Morgan fingerprint density at radius 2 is 1.65 bits per heavy atom. The summed E-state index contributed by atoms with van der Waals surface area (Å²) in [4.78, 5) is 0. The molecule has 23 heavy (non-hydrogen) atoms. The SMILES string of the molecule is Cc1cc(N)cc(C)c1Oc1ccc(O)c(C2CCCCC2)c1. The van der Waals surface area contributed by atoms with E-state index in [1.165, 1.54) is 19.3 Å². The number of aryl methyl sites for hydroxylation is 2. The Labute approximate surface area is 138 Å². The van der Waals surface area contributed by atoms with Crippen LogP contribution in [0.15, 0.2) is 30.3 Å². The van der Waals surface area contributed by atoms with E-state index in [1.54, 1.807) is 6.07 Å². The molecule has 0 spiro atoms. The zero-order valence-electron chi connectivity index (χ0n) is 13.9. The first-order valence-corrected chi connectivity index (χ1v) is 8.42. The van der Waals surface area contributed by atoms with E-state index in [0.717, 1.165) is 46.7 Å². The normalized spacial score (nSPS) is 15.6. The number of benzene rings is 2. The molecular formula is C20H25NO2. The third-order valence-electron chi connectivity index (χ3n) is 4.75. The minimum Gasteiger partial charge on any atom is -0.508 e. The van der Waals surface area contributed by atoms with Crippen molar-refractivity contribution >= 4 is 5.69 Å². The van der Waals surface area contributed by atoms with Crippen molar-refractivity contribution in [3.05, 3.63) is 47.0 Å². The van der Waals surface area contributed by atoms with Crippen molar-refractivity contribution in [3.63, 3.8) is 0 Å². The summed E-state index contributed by atoms with van der Waals surface area (Å²) in [7, 11) is 0. The molecule has 0 aromatic heterocycles. The molecule has 0 saturated heterocycles. The predicted octanol–water partition coefficient (Wildman–Crippen LogP) is 5.43. The lowest BCUT2D eigenvalue weighted by molar-refractivity contribution is 0.409. The molecule has 3 nitrogen and oxygen atoms in total. The first kappa shape index (κ1) is 15.7. The van der Waals surface area contributed by atoms with E-state index >= 15 is 0 Å². The van der Waals surface area contributed by atoms with Crippen LogP contribution < -0.4 is 10.5 Å². The van der Waals surface area contributed by atoms with Crippen LogP contribution in [0.5, 0.6) is 17.2 Å². The highest BCUT2D eigenvalue weighted by Crippen LogP contribution is 2.40. The van der Waals surface area contributed by atoms with Gasteiger partial charge >= 0.3 is 0 Å². The van der Waals surface area contributed by atoms with E-state index in [9.17, 15) is 5.11 Å². The molecule has 3 N–H and O–H groups in total. The highest BCUT2D eigenvalue weighted by molar-refractivity contribution is 5.54. The summed E-state index contributed by atoms with van der Waals surface area (Å²) in [5.74, 6) is 2.45. The molecular weight excluding hydrogens is 286 g/mol. The van der Waals surface area contributed by atoms with Gasteiger partial charge in [-0.2, -0.15) is 0 Å². The van der Waals surface area contributed by atoms with Crippen molar-refractivity contribution < 1.29 is 9.84 Å². The summed E-state index contributed by atoms with van der Waals surface area (Å²) in [5.41, 5.74) is 9.69. The van der Waals surface area contributed by atoms with Gasteiger partial charge in [-0.05, 0) is 74.1 Å². The smallest absolute Gasteiger partial charge is 0.133 e. The topological polar surface area (TPSA) is 55.5 Å². The van der Waals surface area contributed by atoms with Gasteiger partial charge < -0.3 is 15.6 Å². The van der Waals surface area contributed by atoms with Gasteiger partial charge in [0.05, 0.1) is 0 Å². The number of phenols is 1. The van der Waals surface area contributed by atoms with Crippen molar-refractivity contribution in [2.45, 2.75) is 51.9 Å². The molecule has 0 unspecified atom stereocenters. The first-order chi connectivity index (χ1) is 11.0. The summed E-state index contributed by atoms with van der Waals surface area (Å²) < 4.78 is 6.11. The minimum absolute atomic E-state index is 0.384. The predicted molar refractivity (Wildman–Crippen MR) is 94.3 cm³/mol. The van der Waals surface area contributed by atoms with Gasteiger partial charge in [-0.15, -0.1) is 0 Å². The third kappa shape index (κ3) is 3.44. The second kappa shape index (κ2) is 6.53. The molecule has 3 rings (SSSR count). The van der Waals surface area contributed by atoms with Gasteiger partial charge in [0.25, 0.3) is 0 Å². The molecule has 2 aromatic rings. The fourth-order valence-electron chi connectivity index (χ4n) is 3.60. The fourth-order valence-corrected chi connectivity index (χ4v) is 3.60. The monoisotopic (exact) mass is 311 g/mol. The zero-order valence-corrected chi connectivity index (χ0v) is 13.9. The Hall–Kier alpha value is -2.16. The Morgan fingerprint density at radius 3 is 2.30 bits per heavy atom. The molecule has 1 saturated carbocycles. The number of ether oxygens (including phenoxy) is 1. The van der Waals surface area contributed by atoms with Gasteiger partial charge in [0.2, 0.25) is 0 Å². The Kier molecular flexibility index (Phi) is 4.46. The Morgan fingerprint density at radius 1 is 1.00 bits per heavy atom. The maximum Gasteiger partial charge on any atom is 0.133 e. The molecule has 1 aliphatic carbocycles. The first-order valence-electron chi connectivity index (χ1n) is 8.42. The molecule has 0 bridgehead atoms. The van der Waals surface area contributed by atoms with Crippen LogP contribution in [0.4, 0.5) is 5.69 Å². The van der Waals surface area contributed by atoms with Crippen molar-refractivity contribution in [2.24, 2.45) is 0 Å². The van der Waals surface area contributed by atoms with Gasteiger partial charge in [-0.1, -0.05) is 19.3 Å². The number of phenolic OH excluding ortho intramolecular Hbond substituents is 1. The van der Waals surface area contributed by atoms with E-state index in [0.29, 0.717) is 11.7 Å². The van der Waals surface area contributed by atoms with Crippen LogP contribution in [0, 0.1) is 13.8 Å². The van der Waals surface area contributed by atoms with Crippen LogP contribution in [-0.4, -0.2) is 5.11 Å². The molecule has 0 amide bonds. The van der Waals surface area contributed by atoms with Crippen LogP contribution in [0.2, 0.25) is 0 Å². The van der Waals surface area contributed by atoms with Crippen LogP contribution in [0.3, 0.4) is 0 Å². The van der Waals surface area contributed by atoms with Crippen molar-refractivity contribution in [3.8, 4) is 17.2 Å². The number of nitrogen functional groups attached to an aromatic ring is 1. The Bertz CT molecular complexity index is 680. The summed E-state index contributed by atoms with van der Waals surface area (Å²) in [6, 6.07) is 9.42. The molecule has 2 aromatic carbocycles. The highest BCUT2D eigenvalue weighted by Gasteiger charge is 2.19. The van der Waals surface area contributed by atoms with Crippen LogP contribution in [-0.2, 0) is 0 Å². The van der Waals surface area contributed by atoms with Gasteiger partial charge in [-0.25, -0.2) is 0 Å². The molecule has 0 atom stereocenters. The highest BCUT2D eigenvalue weighted by atomic mass is 16.5. The molecule has 3 heteroatoms. The van der Waals surface area contributed by atoms with Gasteiger partial charge in [0, 0.05) is 11.3 Å².